The lowest BCUT2D eigenvalue weighted by Crippen LogP contribution is -2.62. The van der Waals surface area contributed by atoms with Crippen LogP contribution in [-0.2, 0) is 5.79 Å². The lowest BCUT2D eigenvalue weighted by molar-refractivity contribution is -0.217. The van der Waals surface area contributed by atoms with Crippen LogP contribution < -0.4 is 4.74 Å². The molecule has 0 saturated heterocycles. The summed E-state index contributed by atoms with van der Waals surface area (Å²) in [5.41, 5.74) is -1.52. The topological polar surface area (TPSA) is 60.2 Å². The van der Waals surface area contributed by atoms with Crippen molar-refractivity contribution in [2.75, 3.05) is 6.61 Å². The second-order valence-electron chi connectivity index (χ2n) is 7.01. The Morgan fingerprint density at radius 3 is 2.26 bits per heavy atom. The predicted molar refractivity (Wildman–Crippen MR) is 85.9 cm³/mol. The molecule has 0 amide bonds. The van der Waals surface area contributed by atoms with Gasteiger partial charge >= 0.3 is 0 Å². The molecule has 1 heterocycles. The van der Waals surface area contributed by atoms with Gasteiger partial charge in [0.2, 0.25) is 5.79 Å². The molecular formula is C17H24FN3O2. The molecule has 5 nitrogen and oxygen atoms in total. The van der Waals surface area contributed by atoms with Crippen molar-refractivity contribution in [3.63, 3.8) is 0 Å². The van der Waals surface area contributed by atoms with Crippen LogP contribution in [0.3, 0.4) is 0 Å². The second kappa shape index (κ2) is 5.92. The van der Waals surface area contributed by atoms with Crippen LogP contribution in [0.1, 0.15) is 33.3 Å². The Balaban J connectivity index is 2.31. The Bertz CT molecular complexity index is 633. The quantitative estimate of drug-likeness (QED) is 0.919. The molecule has 0 fully saturated rings. The zero-order valence-electron chi connectivity index (χ0n) is 14.2. The largest absolute Gasteiger partial charge is 0.490 e. The summed E-state index contributed by atoms with van der Waals surface area (Å²) < 4.78 is 22.2. The van der Waals surface area contributed by atoms with Crippen LogP contribution in [0.2, 0.25) is 0 Å². The average molecular weight is 321 g/mol. The van der Waals surface area contributed by atoms with Gasteiger partial charge in [0.25, 0.3) is 0 Å². The fourth-order valence-corrected chi connectivity index (χ4v) is 2.47. The third kappa shape index (κ3) is 3.22. The van der Waals surface area contributed by atoms with Crippen LogP contribution in [0.25, 0.3) is 0 Å². The first kappa shape index (κ1) is 17.4. The molecular weight excluding hydrogens is 297 g/mol. The molecule has 0 radical (unpaired) electrons. The molecule has 126 valence electrons. The number of halogens is 1. The van der Waals surface area contributed by atoms with Gasteiger partial charge in [-0.2, -0.15) is 5.10 Å². The standard InChI is InChI=1S/C17H24FN3O2/c1-13-6-8-14(9-7-13)23-10-17(22,15(2,3)4)16(5,18)21-12-19-11-20-21/h6-9,11-12,22H,10H2,1-5H3. The Labute approximate surface area is 136 Å². The van der Waals surface area contributed by atoms with Crippen molar-refractivity contribution in [1.29, 1.82) is 0 Å². The molecule has 6 heteroatoms. The van der Waals surface area contributed by atoms with Gasteiger partial charge in [-0.25, -0.2) is 14.1 Å². The van der Waals surface area contributed by atoms with Crippen molar-refractivity contribution >= 4 is 0 Å². The van der Waals surface area contributed by atoms with Crippen LogP contribution in [-0.4, -0.2) is 32.1 Å². The second-order valence-corrected chi connectivity index (χ2v) is 7.01. The number of aryl methyl sites for hydroxylation is 1. The van der Waals surface area contributed by atoms with E-state index in [1.807, 2.05) is 19.1 Å². The van der Waals surface area contributed by atoms with E-state index >= 15 is 4.39 Å². The van der Waals surface area contributed by atoms with E-state index in [1.165, 1.54) is 19.6 Å². The number of aliphatic hydroxyl groups is 1. The maximum absolute atomic E-state index is 15.5. The molecule has 0 saturated carbocycles. The van der Waals surface area contributed by atoms with Crippen molar-refractivity contribution in [2.45, 2.75) is 46.0 Å². The Hall–Kier alpha value is -1.95. The van der Waals surface area contributed by atoms with Gasteiger partial charge in [-0.15, -0.1) is 0 Å². The first-order valence-electron chi connectivity index (χ1n) is 7.54. The average Bonchev–Trinajstić information content (AvgIpc) is 2.99. The number of rotatable bonds is 5. The predicted octanol–water partition coefficient (Wildman–Crippen LogP) is 3.08. The SMILES string of the molecule is Cc1ccc(OCC(O)(C(C)(C)C)C(C)(F)n2cncn2)cc1. The van der Waals surface area contributed by atoms with E-state index in [-0.39, 0.29) is 6.61 Å². The number of hydrogen-bond donors (Lipinski definition) is 1. The Morgan fingerprint density at radius 1 is 1.17 bits per heavy atom. The van der Waals surface area contributed by atoms with Gasteiger partial charge in [-0.3, -0.25) is 0 Å². The number of alkyl halides is 1. The Morgan fingerprint density at radius 2 is 1.78 bits per heavy atom. The molecule has 1 N–H and O–H groups in total. The summed E-state index contributed by atoms with van der Waals surface area (Å²) in [6.07, 6.45) is 2.49. The zero-order valence-corrected chi connectivity index (χ0v) is 14.2. The normalized spacial score (nSPS) is 17.3. The summed E-state index contributed by atoms with van der Waals surface area (Å²) in [4.78, 5) is 3.77. The molecule has 2 atom stereocenters. The highest BCUT2D eigenvalue weighted by Crippen LogP contribution is 2.44. The van der Waals surface area contributed by atoms with Crippen molar-refractivity contribution < 1.29 is 14.2 Å². The van der Waals surface area contributed by atoms with Gasteiger partial charge < -0.3 is 9.84 Å². The van der Waals surface area contributed by atoms with Crippen LogP contribution >= 0.6 is 0 Å². The number of hydrogen-bond acceptors (Lipinski definition) is 4. The van der Waals surface area contributed by atoms with E-state index in [0.29, 0.717) is 5.75 Å². The van der Waals surface area contributed by atoms with Crippen molar-refractivity contribution in [1.82, 2.24) is 14.8 Å². The first-order valence-corrected chi connectivity index (χ1v) is 7.54. The summed E-state index contributed by atoms with van der Waals surface area (Å²) in [6.45, 7) is 8.33. The van der Waals surface area contributed by atoms with Gasteiger partial charge in [-0.1, -0.05) is 38.5 Å². The third-order valence-electron chi connectivity index (χ3n) is 4.31. The molecule has 2 unspecified atom stereocenters. The fourth-order valence-electron chi connectivity index (χ4n) is 2.47. The van der Waals surface area contributed by atoms with Crippen LogP contribution in [0.4, 0.5) is 4.39 Å². The summed E-state index contributed by atoms with van der Waals surface area (Å²) in [5.74, 6) is -1.61. The first-order chi connectivity index (χ1) is 10.6. The van der Waals surface area contributed by atoms with Crippen LogP contribution in [0, 0.1) is 12.3 Å². The van der Waals surface area contributed by atoms with Gasteiger partial charge in [0, 0.05) is 0 Å². The molecule has 1 aromatic heterocycles. The molecule has 0 bridgehead atoms. The maximum atomic E-state index is 15.5. The molecule has 2 rings (SSSR count). The molecule has 23 heavy (non-hydrogen) atoms. The maximum Gasteiger partial charge on any atom is 0.232 e. The van der Waals surface area contributed by atoms with E-state index in [2.05, 4.69) is 10.1 Å². The van der Waals surface area contributed by atoms with Crippen molar-refractivity contribution in [2.24, 2.45) is 5.41 Å². The highest BCUT2D eigenvalue weighted by Gasteiger charge is 2.58. The lowest BCUT2D eigenvalue weighted by atomic mass is 9.71. The number of benzene rings is 1. The number of aromatic nitrogens is 3. The van der Waals surface area contributed by atoms with Gasteiger partial charge in [0.15, 0.2) is 5.60 Å². The minimum Gasteiger partial charge on any atom is -0.490 e. The van der Waals surface area contributed by atoms with Gasteiger partial charge in [0.1, 0.15) is 25.0 Å². The minimum atomic E-state index is -2.19. The van der Waals surface area contributed by atoms with Crippen molar-refractivity contribution in [3.05, 3.63) is 42.5 Å². The third-order valence-corrected chi connectivity index (χ3v) is 4.31. The van der Waals surface area contributed by atoms with Crippen LogP contribution in [0.5, 0.6) is 5.75 Å². The molecule has 0 aliphatic rings. The molecule has 0 aliphatic carbocycles. The highest BCUT2D eigenvalue weighted by atomic mass is 19.1. The summed E-state index contributed by atoms with van der Waals surface area (Å²) in [6, 6.07) is 7.39. The minimum absolute atomic E-state index is 0.216. The molecule has 0 aliphatic heterocycles. The van der Waals surface area contributed by atoms with E-state index < -0.39 is 16.8 Å². The number of ether oxygens (including phenoxy) is 1. The zero-order chi connectivity index (χ0) is 17.3. The van der Waals surface area contributed by atoms with E-state index in [1.54, 1.807) is 32.9 Å². The molecule has 0 spiro atoms. The fraction of sp³-hybridized carbons (Fsp3) is 0.529. The van der Waals surface area contributed by atoms with E-state index in [0.717, 1.165) is 10.2 Å². The molecule has 2 aromatic rings. The summed E-state index contributed by atoms with van der Waals surface area (Å²) in [7, 11) is 0. The van der Waals surface area contributed by atoms with E-state index in [4.69, 9.17) is 4.74 Å². The summed E-state index contributed by atoms with van der Waals surface area (Å²) in [5, 5.41) is 15.0. The van der Waals surface area contributed by atoms with Crippen LogP contribution in [0.15, 0.2) is 36.9 Å². The van der Waals surface area contributed by atoms with Crippen molar-refractivity contribution in [3.8, 4) is 5.75 Å². The Kier molecular flexibility index (Phi) is 4.48. The highest BCUT2D eigenvalue weighted by molar-refractivity contribution is 5.26. The monoisotopic (exact) mass is 321 g/mol. The van der Waals surface area contributed by atoms with Gasteiger partial charge in [0.05, 0.1) is 0 Å². The summed E-state index contributed by atoms with van der Waals surface area (Å²) >= 11 is 0. The lowest BCUT2D eigenvalue weighted by Gasteiger charge is -2.47. The number of nitrogens with zero attached hydrogens (tertiary/aromatic N) is 3. The van der Waals surface area contributed by atoms with E-state index in [9.17, 15) is 5.11 Å². The smallest absolute Gasteiger partial charge is 0.232 e. The van der Waals surface area contributed by atoms with Gasteiger partial charge in [-0.05, 0) is 31.4 Å². The molecule has 1 aromatic carbocycles.